The molecule has 138 valence electrons. The highest BCUT2D eigenvalue weighted by atomic mass is 14.8. The van der Waals surface area contributed by atoms with Gasteiger partial charge in [0.2, 0.25) is 0 Å². The molecule has 0 bridgehead atoms. The molecule has 0 aliphatic heterocycles. The van der Waals surface area contributed by atoms with Gasteiger partial charge >= 0.3 is 0 Å². The molecule has 1 aromatic heterocycles. The zero-order valence-electron chi connectivity index (χ0n) is 16.6. The highest BCUT2D eigenvalue weighted by Crippen LogP contribution is 2.35. The number of aromatic nitrogens is 2. The van der Waals surface area contributed by atoms with Gasteiger partial charge in [-0.25, -0.2) is 4.98 Å². The Balaban J connectivity index is 1.94. The van der Waals surface area contributed by atoms with Crippen LogP contribution in [0, 0.1) is 0 Å². The largest absolute Gasteiger partial charge is 0.252 e. The van der Waals surface area contributed by atoms with Gasteiger partial charge in [0.1, 0.15) is 0 Å². The van der Waals surface area contributed by atoms with Gasteiger partial charge in [0.15, 0.2) is 0 Å². The monoisotopic (exact) mass is 364 g/mol. The van der Waals surface area contributed by atoms with Crippen molar-refractivity contribution in [2.45, 2.75) is 26.2 Å². The lowest BCUT2D eigenvalue weighted by Crippen LogP contribution is -2.13. The maximum Gasteiger partial charge on any atom is 0.0972 e. The summed E-state index contributed by atoms with van der Waals surface area (Å²) in [6.07, 6.45) is 1.90. The summed E-state index contributed by atoms with van der Waals surface area (Å²) in [5, 5.41) is 0. The molecule has 2 nitrogen and oxygen atoms in total. The lowest BCUT2D eigenvalue weighted by atomic mass is 9.83. The average Bonchev–Trinajstić information content (AvgIpc) is 2.74. The standard InChI is InChI=1S/C26H24N2/c1-26(2,3)22-17-11-10-16-21(22)23-18-27-24(19-12-6-4-7-13-19)25(28-23)20-14-8-5-9-15-20/h4-18H,1-3H3. The number of benzene rings is 3. The molecule has 0 radical (unpaired) electrons. The molecule has 0 fully saturated rings. The van der Waals surface area contributed by atoms with E-state index in [-0.39, 0.29) is 5.41 Å². The summed E-state index contributed by atoms with van der Waals surface area (Å²) in [4.78, 5) is 9.96. The second-order valence-electron chi connectivity index (χ2n) is 7.98. The van der Waals surface area contributed by atoms with Gasteiger partial charge in [0.05, 0.1) is 23.3 Å². The van der Waals surface area contributed by atoms with E-state index in [2.05, 4.69) is 69.3 Å². The van der Waals surface area contributed by atoms with Crippen molar-refractivity contribution in [2.24, 2.45) is 0 Å². The van der Waals surface area contributed by atoms with Gasteiger partial charge < -0.3 is 0 Å². The van der Waals surface area contributed by atoms with Gasteiger partial charge in [-0.3, -0.25) is 4.98 Å². The van der Waals surface area contributed by atoms with Crippen molar-refractivity contribution in [1.29, 1.82) is 0 Å². The van der Waals surface area contributed by atoms with Gasteiger partial charge in [-0.2, -0.15) is 0 Å². The summed E-state index contributed by atoms with van der Waals surface area (Å²) in [7, 11) is 0. The molecule has 0 aliphatic rings. The highest BCUT2D eigenvalue weighted by molar-refractivity contribution is 5.80. The lowest BCUT2D eigenvalue weighted by Gasteiger charge is -2.23. The van der Waals surface area contributed by atoms with Crippen molar-refractivity contribution in [3.63, 3.8) is 0 Å². The minimum atomic E-state index is 0.0310. The molecule has 0 atom stereocenters. The van der Waals surface area contributed by atoms with E-state index in [1.54, 1.807) is 0 Å². The fraction of sp³-hybridized carbons (Fsp3) is 0.154. The third kappa shape index (κ3) is 3.59. The topological polar surface area (TPSA) is 25.8 Å². The van der Waals surface area contributed by atoms with E-state index >= 15 is 0 Å². The zero-order valence-corrected chi connectivity index (χ0v) is 16.6. The summed E-state index contributed by atoms with van der Waals surface area (Å²) in [5.41, 5.74) is 7.31. The Morgan fingerprint density at radius 3 is 1.75 bits per heavy atom. The first-order chi connectivity index (χ1) is 13.5. The summed E-state index contributed by atoms with van der Waals surface area (Å²) in [5.74, 6) is 0. The highest BCUT2D eigenvalue weighted by Gasteiger charge is 2.20. The quantitative estimate of drug-likeness (QED) is 0.400. The molecule has 0 N–H and O–H groups in total. The van der Waals surface area contributed by atoms with Crippen LogP contribution in [0.3, 0.4) is 0 Å². The molecule has 28 heavy (non-hydrogen) atoms. The summed E-state index contributed by atoms with van der Waals surface area (Å²) >= 11 is 0. The van der Waals surface area contributed by atoms with Crippen molar-refractivity contribution in [3.8, 4) is 33.8 Å². The Kier molecular flexibility index (Phi) is 4.79. The zero-order chi connectivity index (χ0) is 19.6. The third-order valence-electron chi connectivity index (χ3n) is 4.88. The fourth-order valence-electron chi connectivity index (χ4n) is 3.48. The SMILES string of the molecule is CC(C)(C)c1ccccc1-c1cnc(-c2ccccc2)c(-c2ccccc2)n1. The fourth-order valence-corrected chi connectivity index (χ4v) is 3.48. The molecule has 0 unspecified atom stereocenters. The van der Waals surface area contributed by atoms with E-state index in [9.17, 15) is 0 Å². The first-order valence-electron chi connectivity index (χ1n) is 9.62. The third-order valence-corrected chi connectivity index (χ3v) is 4.88. The first-order valence-corrected chi connectivity index (χ1v) is 9.62. The second kappa shape index (κ2) is 7.40. The number of nitrogens with zero attached hydrogens (tertiary/aromatic N) is 2. The molecule has 0 aliphatic carbocycles. The van der Waals surface area contributed by atoms with Gasteiger partial charge in [-0.15, -0.1) is 0 Å². The van der Waals surface area contributed by atoms with Gasteiger partial charge in [0.25, 0.3) is 0 Å². The van der Waals surface area contributed by atoms with Crippen molar-refractivity contribution < 1.29 is 0 Å². The molecule has 2 heteroatoms. The van der Waals surface area contributed by atoms with Crippen molar-refractivity contribution >= 4 is 0 Å². The van der Waals surface area contributed by atoms with Crippen molar-refractivity contribution in [2.75, 3.05) is 0 Å². The van der Waals surface area contributed by atoms with E-state index in [1.807, 2.05) is 42.6 Å². The molecule has 0 saturated carbocycles. The van der Waals surface area contributed by atoms with Crippen LogP contribution in [0.25, 0.3) is 33.8 Å². The molecular formula is C26H24N2. The Bertz CT molecular complexity index is 1080. The normalized spacial score (nSPS) is 11.4. The van der Waals surface area contributed by atoms with Crippen molar-refractivity contribution in [3.05, 3.63) is 96.7 Å². The first kappa shape index (κ1) is 18.1. The summed E-state index contributed by atoms with van der Waals surface area (Å²) in [6, 6.07) is 29.0. The predicted molar refractivity (Wildman–Crippen MR) is 117 cm³/mol. The second-order valence-corrected chi connectivity index (χ2v) is 7.98. The molecule has 3 aromatic carbocycles. The van der Waals surface area contributed by atoms with Crippen LogP contribution in [0.1, 0.15) is 26.3 Å². The maximum absolute atomic E-state index is 5.10. The smallest absolute Gasteiger partial charge is 0.0972 e. The Morgan fingerprint density at radius 1 is 0.607 bits per heavy atom. The molecule has 4 rings (SSSR count). The number of hydrogen-bond donors (Lipinski definition) is 0. The minimum absolute atomic E-state index is 0.0310. The van der Waals surface area contributed by atoms with Crippen LogP contribution in [0.4, 0.5) is 0 Å². The lowest BCUT2D eigenvalue weighted by molar-refractivity contribution is 0.591. The van der Waals surface area contributed by atoms with Gasteiger partial charge in [-0.05, 0) is 11.0 Å². The van der Waals surface area contributed by atoms with Crippen LogP contribution in [-0.2, 0) is 5.41 Å². The van der Waals surface area contributed by atoms with Gasteiger partial charge in [0, 0.05) is 16.7 Å². The Labute approximate surface area is 167 Å². The predicted octanol–water partition coefficient (Wildman–Crippen LogP) is 6.78. The summed E-state index contributed by atoms with van der Waals surface area (Å²) in [6.45, 7) is 6.70. The minimum Gasteiger partial charge on any atom is -0.252 e. The van der Waals surface area contributed by atoms with Gasteiger partial charge in [-0.1, -0.05) is 106 Å². The van der Waals surface area contributed by atoms with Crippen molar-refractivity contribution in [1.82, 2.24) is 9.97 Å². The van der Waals surface area contributed by atoms with Crippen LogP contribution in [0.15, 0.2) is 91.1 Å². The Morgan fingerprint density at radius 2 is 1.14 bits per heavy atom. The molecule has 4 aromatic rings. The number of hydrogen-bond acceptors (Lipinski definition) is 2. The van der Waals surface area contributed by atoms with Crippen LogP contribution in [-0.4, -0.2) is 9.97 Å². The molecule has 0 saturated heterocycles. The molecule has 1 heterocycles. The average molecular weight is 364 g/mol. The van der Waals surface area contributed by atoms with E-state index < -0.39 is 0 Å². The van der Waals surface area contributed by atoms with Crippen LogP contribution >= 0.6 is 0 Å². The molecule has 0 spiro atoms. The van der Waals surface area contributed by atoms with Crippen LogP contribution in [0.5, 0.6) is 0 Å². The van der Waals surface area contributed by atoms with E-state index in [1.165, 1.54) is 5.56 Å². The van der Waals surface area contributed by atoms with E-state index in [4.69, 9.17) is 9.97 Å². The van der Waals surface area contributed by atoms with E-state index in [0.717, 1.165) is 33.8 Å². The van der Waals surface area contributed by atoms with Crippen LogP contribution in [0.2, 0.25) is 0 Å². The number of rotatable bonds is 3. The Hall–Kier alpha value is -3.26. The molecular weight excluding hydrogens is 340 g/mol. The summed E-state index contributed by atoms with van der Waals surface area (Å²) < 4.78 is 0. The van der Waals surface area contributed by atoms with E-state index in [0.29, 0.717) is 0 Å². The maximum atomic E-state index is 5.10. The van der Waals surface area contributed by atoms with Crippen LogP contribution < -0.4 is 0 Å². The molecule has 0 amide bonds.